The zero-order valence-corrected chi connectivity index (χ0v) is 25.2. The molecule has 0 heterocycles. The summed E-state index contributed by atoms with van der Waals surface area (Å²) in [6.45, 7) is 11.2. The maximum absolute atomic E-state index is 14.2. The highest BCUT2D eigenvalue weighted by molar-refractivity contribution is 7.92. The number of hydrogen-bond acceptors (Lipinski definition) is 4. The van der Waals surface area contributed by atoms with Gasteiger partial charge in [0.05, 0.1) is 10.6 Å². The van der Waals surface area contributed by atoms with Crippen LogP contribution in [0.25, 0.3) is 0 Å². The van der Waals surface area contributed by atoms with E-state index < -0.39 is 28.5 Å². The Morgan fingerprint density at radius 3 is 2.12 bits per heavy atom. The molecule has 0 aliphatic carbocycles. The molecule has 1 N–H and O–H groups in total. The van der Waals surface area contributed by atoms with Crippen LogP contribution in [0.3, 0.4) is 0 Å². The van der Waals surface area contributed by atoms with Crippen LogP contribution < -0.4 is 9.62 Å². The fraction of sp³-hybridized carbons (Fsp3) is 0.375. The molecule has 3 rings (SSSR count). The van der Waals surface area contributed by atoms with Gasteiger partial charge in [0.1, 0.15) is 12.6 Å². The Morgan fingerprint density at radius 1 is 0.850 bits per heavy atom. The molecule has 0 spiro atoms. The highest BCUT2D eigenvalue weighted by atomic mass is 32.2. The summed E-state index contributed by atoms with van der Waals surface area (Å²) in [5, 5.41) is 3.01. The Labute approximate surface area is 239 Å². The number of amides is 2. The van der Waals surface area contributed by atoms with Crippen molar-refractivity contribution in [1.29, 1.82) is 0 Å². The molecule has 0 aliphatic heterocycles. The number of benzene rings is 3. The van der Waals surface area contributed by atoms with Gasteiger partial charge in [-0.25, -0.2) is 8.42 Å². The van der Waals surface area contributed by atoms with E-state index in [1.165, 1.54) is 4.90 Å². The summed E-state index contributed by atoms with van der Waals surface area (Å²) in [4.78, 5) is 29.2. The second-order valence-corrected chi connectivity index (χ2v) is 12.2. The second kappa shape index (κ2) is 13.6. The molecule has 8 heteroatoms. The molecule has 0 fully saturated rings. The number of nitrogens with one attached hydrogen (secondary N) is 1. The van der Waals surface area contributed by atoms with Crippen molar-refractivity contribution in [1.82, 2.24) is 10.2 Å². The van der Waals surface area contributed by atoms with E-state index in [0.29, 0.717) is 12.1 Å². The second-order valence-electron chi connectivity index (χ2n) is 10.4. The third-order valence-corrected chi connectivity index (χ3v) is 8.95. The average Bonchev–Trinajstić information content (AvgIpc) is 2.92. The van der Waals surface area contributed by atoms with E-state index in [0.717, 1.165) is 33.0 Å². The highest BCUT2D eigenvalue weighted by Gasteiger charge is 2.34. The molecular formula is C32H41N3O4S. The zero-order chi connectivity index (χ0) is 29.4. The molecule has 2 atom stereocenters. The van der Waals surface area contributed by atoms with E-state index >= 15 is 0 Å². The van der Waals surface area contributed by atoms with Crippen molar-refractivity contribution >= 4 is 27.5 Å². The van der Waals surface area contributed by atoms with Crippen molar-refractivity contribution in [3.63, 3.8) is 0 Å². The van der Waals surface area contributed by atoms with Crippen LogP contribution in [-0.4, -0.2) is 43.8 Å². The highest BCUT2D eigenvalue weighted by Crippen LogP contribution is 2.26. The summed E-state index contributed by atoms with van der Waals surface area (Å²) < 4.78 is 29.1. The van der Waals surface area contributed by atoms with Gasteiger partial charge in [-0.15, -0.1) is 0 Å². The smallest absolute Gasteiger partial charge is 0.264 e. The zero-order valence-electron chi connectivity index (χ0n) is 24.3. The minimum Gasteiger partial charge on any atom is -0.352 e. The van der Waals surface area contributed by atoms with Gasteiger partial charge in [0.2, 0.25) is 11.8 Å². The van der Waals surface area contributed by atoms with Gasteiger partial charge < -0.3 is 10.2 Å². The van der Waals surface area contributed by atoms with E-state index in [9.17, 15) is 18.0 Å². The first-order valence-electron chi connectivity index (χ1n) is 13.8. The first-order chi connectivity index (χ1) is 19.0. The molecule has 0 radical (unpaired) electrons. The molecule has 0 aliphatic rings. The molecule has 214 valence electrons. The number of nitrogens with zero attached hydrogens (tertiary/aromatic N) is 2. The van der Waals surface area contributed by atoms with Gasteiger partial charge in [-0.2, -0.15) is 0 Å². The first kappa shape index (κ1) is 30.9. The molecule has 3 aromatic rings. The van der Waals surface area contributed by atoms with Crippen molar-refractivity contribution in [3.05, 3.63) is 95.1 Å². The van der Waals surface area contributed by atoms with Crippen molar-refractivity contribution < 1.29 is 18.0 Å². The molecule has 3 aromatic carbocycles. The summed E-state index contributed by atoms with van der Waals surface area (Å²) in [7, 11) is -4.09. The normalized spacial score (nSPS) is 12.8. The number of sulfonamides is 1. The van der Waals surface area contributed by atoms with Gasteiger partial charge in [-0.05, 0) is 81.5 Å². The van der Waals surface area contributed by atoms with Crippen LogP contribution >= 0.6 is 0 Å². The Bertz CT molecular complexity index is 1420. The molecule has 0 unspecified atom stereocenters. The van der Waals surface area contributed by atoms with Crippen LogP contribution in [0.4, 0.5) is 5.69 Å². The summed E-state index contributed by atoms with van der Waals surface area (Å²) >= 11 is 0. The predicted octanol–water partition coefficient (Wildman–Crippen LogP) is 5.53. The van der Waals surface area contributed by atoms with E-state index in [2.05, 4.69) is 5.32 Å². The standard InChI is InChI=1S/C32H41N3O4S/c1-7-26(6)33-32(37)30(8-2)34(21-27-14-10-9-13-25(27)5)31(36)22-35(28-15-11-12-24(4)20-28)40(38,39)29-18-16-23(3)17-19-29/h9-20,26,30H,7-8,21-22H2,1-6H3,(H,33,37)/t26-,30+/m1/s1. The molecular weight excluding hydrogens is 522 g/mol. The molecule has 0 bridgehead atoms. The van der Waals surface area contributed by atoms with Crippen molar-refractivity contribution in [2.75, 3.05) is 10.8 Å². The number of rotatable bonds is 12. The molecule has 0 saturated heterocycles. The Balaban J connectivity index is 2.07. The van der Waals surface area contributed by atoms with Crippen molar-refractivity contribution in [2.24, 2.45) is 0 Å². The molecule has 0 aromatic heterocycles. The van der Waals surface area contributed by atoms with E-state index in [-0.39, 0.29) is 23.4 Å². The first-order valence-corrected chi connectivity index (χ1v) is 15.2. The lowest BCUT2D eigenvalue weighted by molar-refractivity contribution is -0.140. The minimum absolute atomic E-state index is 0.0531. The summed E-state index contributed by atoms with van der Waals surface area (Å²) in [6, 6.07) is 20.5. The van der Waals surface area contributed by atoms with Crippen LogP contribution in [0, 0.1) is 20.8 Å². The fourth-order valence-corrected chi connectivity index (χ4v) is 5.89. The maximum atomic E-state index is 14.2. The number of hydrogen-bond donors (Lipinski definition) is 1. The van der Waals surface area contributed by atoms with E-state index in [4.69, 9.17) is 0 Å². The molecule has 7 nitrogen and oxygen atoms in total. The van der Waals surface area contributed by atoms with Crippen LogP contribution in [0.15, 0.2) is 77.7 Å². The third kappa shape index (κ3) is 7.50. The third-order valence-electron chi connectivity index (χ3n) is 7.17. The summed E-state index contributed by atoms with van der Waals surface area (Å²) in [5.74, 6) is -0.700. The average molecular weight is 564 g/mol. The molecule has 0 saturated carbocycles. The van der Waals surface area contributed by atoms with Crippen molar-refractivity contribution in [3.8, 4) is 0 Å². The van der Waals surface area contributed by atoms with Crippen LogP contribution in [0.5, 0.6) is 0 Å². The number of carbonyl (C=O) groups excluding carboxylic acids is 2. The van der Waals surface area contributed by atoms with Gasteiger partial charge >= 0.3 is 0 Å². The largest absolute Gasteiger partial charge is 0.352 e. The maximum Gasteiger partial charge on any atom is 0.264 e. The van der Waals surface area contributed by atoms with Crippen LogP contribution in [-0.2, 0) is 26.2 Å². The number of anilines is 1. The lowest BCUT2D eigenvalue weighted by Gasteiger charge is -2.34. The summed E-state index contributed by atoms with van der Waals surface area (Å²) in [5.41, 5.74) is 4.07. The molecule has 40 heavy (non-hydrogen) atoms. The Morgan fingerprint density at radius 2 is 1.52 bits per heavy atom. The monoisotopic (exact) mass is 563 g/mol. The van der Waals surface area contributed by atoms with E-state index in [1.54, 1.807) is 42.5 Å². The van der Waals surface area contributed by atoms with Crippen molar-refractivity contribution in [2.45, 2.75) is 77.9 Å². The van der Waals surface area contributed by atoms with Crippen LogP contribution in [0.2, 0.25) is 0 Å². The topological polar surface area (TPSA) is 86.8 Å². The quantitative estimate of drug-likeness (QED) is 0.314. The van der Waals surface area contributed by atoms with Gasteiger partial charge in [0, 0.05) is 12.6 Å². The minimum atomic E-state index is -4.09. The lowest BCUT2D eigenvalue weighted by Crippen LogP contribution is -2.53. The van der Waals surface area contributed by atoms with Gasteiger partial charge in [0.15, 0.2) is 0 Å². The van der Waals surface area contributed by atoms with Gasteiger partial charge in [0.25, 0.3) is 10.0 Å². The van der Waals surface area contributed by atoms with Gasteiger partial charge in [-0.1, -0.05) is 67.9 Å². The summed E-state index contributed by atoms with van der Waals surface area (Å²) in [6.07, 6.45) is 1.14. The van der Waals surface area contributed by atoms with Crippen LogP contribution in [0.1, 0.15) is 55.9 Å². The fourth-order valence-electron chi connectivity index (χ4n) is 4.48. The Kier molecular flexibility index (Phi) is 10.5. The van der Waals surface area contributed by atoms with Gasteiger partial charge in [-0.3, -0.25) is 13.9 Å². The SMILES string of the molecule is CC[C@@H](C)NC(=O)[C@H](CC)N(Cc1ccccc1C)C(=O)CN(c1cccc(C)c1)S(=O)(=O)c1ccc(C)cc1. The lowest BCUT2D eigenvalue weighted by atomic mass is 10.1. The van der Waals surface area contributed by atoms with E-state index in [1.807, 2.05) is 71.9 Å². The predicted molar refractivity (Wildman–Crippen MR) is 161 cm³/mol. The molecule has 2 amide bonds. The number of carbonyl (C=O) groups is 2. The Hall–Kier alpha value is -3.65. The number of aryl methyl sites for hydroxylation is 3.